The van der Waals surface area contributed by atoms with E-state index < -0.39 is 0 Å². The second kappa shape index (κ2) is 8.86. The average Bonchev–Trinajstić information content (AvgIpc) is 2.97. The maximum Gasteiger partial charge on any atom is 0.221 e. The van der Waals surface area contributed by atoms with Gasteiger partial charge in [0.25, 0.3) is 0 Å². The Balaban J connectivity index is 2.51. The highest BCUT2D eigenvalue weighted by molar-refractivity contribution is 5.93. The van der Waals surface area contributed by atoms with Gasteiger partial charge in [-0.2, -0.15) is 10.4 Å². The number of amides is 1. The van der Waals surface area contributed by atoms with E-state index in [0.29, 0.717) is 28.5 Å². The van der Waals surface area contributed by atoms with Crippen LogP contribution in [-0.2, 0) is 17.3 Å². The van der Waals surface area contributed by atoms with Crippen LogP contribution in [0.2, 0.25) is 0 Å². The molecular weight excluding hydrogens is 366 g/mol. The standard InChI is InChI=1S/C21H29N7O/c1-8-28(9-2)15-10-11-17(18(12-15)23-14(3)29)24-25-20-16(13-22)19(21(4,5)6)26-27(20)7/h10-12H,8-9H2,1-7H3,(H,23,29)/b25-24+. The zero-order valence-corrected chi connectivity index (χ0v) is 18.2. The minimum atomic E-state index is -0.288. The zero-order valence-electron chi connectivity index (χ0n) is 18.2. The zero-order chi connectivity index (χ0) is 21.8. The second-order valence-corrected chi connectivity index (χ2v) is 7.79. The number of nitriles is 1. The molecule has 8 nitrogen and oxygen atoms in total. The van der Waals surface area contributed by atoms with Crippen LogP contribution in [-0.4, -0.2) is 28.8 Å². The average molecular weight is 396 g/mol. The van der Waals surface area contributed by atoms with E-state index in [1.807, 2.05) is 39.0 Å². The molecule has 0 fully saturated rings. The summed E-state index contributed by atoms with van der Waals surface area (Å²) < 4.78 is 1.56. The number of nitrogens with one attached hydrogen (secondary N) is 1. The predicted molar refractivity (Wildman–Crippen MR) is 115 cm³/mol. The lowest BCUT2D eigenvalue weighted by Gasteiger charge is -2.22. The van der Waals surface area contributed by atoms with E-state index >= 15 is 0 Å². The number of rotatable bonds is 6. The molecular formula is C21H29N7O. The predicted octanol–water partition coefficient (Wildman–Crippen LogP) is 4.81. The van der Waals surface area contributed by atoms with Crippen LogP contribution in [0.3, 0.4) is 0 Å². The van der Waals surface area contributed by atoms with Crippen molar-refractivity contribution in [3.05, 3.63) is 29.5 Å². The number of carbonyl (C=O) groups excluding carboxylic acids is 1. The number of hydrogen-bond acceptors (Lipinski definition) is 6. The summed E-state index contributed by atoms with van der Waals surface area (Å²) >= 11 is 0. The van der Waals surface area contributed by atoms with Crippen LogP contribution in [0.4, 0.5) is 22.9 Å². The molecule has 1 N–H and O–H groups in total. The molecule has 0 bridgehead atoms. The van der Waals surface area contributed by atoms with Crippen molar-refractivity contribution in [3.8, 4) is 6.07 Å². The van der Waals surface area contributed by atoms with Gasteiger partial charge in [0.2, 0.25) is 5.91 Å². The molecule has 1 heterocycles. The molecule has 0 aliphatic rings. The third-order valence-corrected chi connectivity index (χ3v) is 4.51. The van der Waals surface area contributed by atoms with Crippen molar-refractivity contribution >= 4 is 28.8 Å². The van der Waals surface area contributed by atoms with Crippen LogP contribution in [0.5, 0.6) is 0 Å². The Labute approximate surface area is 172 Å². The van der Waals surface area contributed by atoms with Gasteiger partial charge in [-0.15, -0.1) is 10.2 Å². The molecule has 2 rings (SSSR count). The molecule has 0 aliphatic carbocycles. The number of aromatic nitrogens is 2. The first-order chi connectivity index (χ1) is 13.6. The normalized spacial score (nSPS) is 11.5. The van der Waals surface area contributed by atoms with Crippen LogP contribution in [0, 0.1) is 11.3 Å². The van der Waals surface area contributed by atoms with Crippen LogP contribution in [0.25, 0.3) is 0 Å². The van der Waals surface area contributed by atoms with Gasteiger partial charge in [-0.3, -0.25) is 4.79 Å². The van der Waals surface area contributed by atoms with Crippen LogP contribution in [0.1, 0.15) is 52.8 Å². The molecule has 0 unspecified atom stereocenters. The Morgan fingerprint density at radius 3 is 2.45 bits per heavy atom. The first-order valence-corrected chi connectivity index (χ1v) is 9.68. The number of carbonyl (C=O) groups is 1. The van der Waals surface area contributed by atoms with E-state index in [1.165, 1.54) is 6.92 Å². The third kappa shape index (κ3) is 4.99. The molecule has 1 aromatic heterocycles. The number of azo groups is 1. The highest BCUT2D eigenvalue weighted by Gasteiger charge is 2.26. The minimum Gasteiger partial charge on any atom is -0.372 e. The largest absolute Gasteiger partial charge is 0.372 e. The number of benzene rings is 1. The molecule has 0 atom stereocenters. The van der Waals surface area contributed by atoms with E-state index in [1.54, 1.807) is 11.7 Å². The summed E-state index contributed by atoms with van der Waals surface area (Å²) in [6.07, 6.45) is 0. The molecule has 154 valence electrons. The molecule has 1 aromatic carbocycles. The number of nitrogens with zero attached hydrogens (tertiary/aromatic N) is 6. The quantitative estimate of drug-likeness (QED) is 0.710. The molecule has 0 spiro atoms. The lowest BCUT2D eigenvalue weighted by Crippen LogP contribution is -2.21. The fourth-order valence-corrected chi connectivity index (χ4v) is 3.05. The topological polar surface area (TPSA) is 98.7 Å². The second-order valence-electron chi connectivity index (χ2n) is 7.79. The molecule has 29 heavy (non-hydrogen) atoms. The molecule has 0 aliphatic heterocycles. The smallest absolute Gasteiger partial charge is 0.221 e. The summed E-state index contributed by atoms with van der Waals surface area (Å²) in [4.78, 5) is 13.9. The van der Waals surface area contributed by atoms with Gasteiger partial charge in [-0.25, -0.2) is 4.68 Å². The van der Waals surface area contributed by atoms with Gasteiger partial charge in [0, 0.05) is 38.2 Å². The van der Waals surface area contributed by atoms with E-state index in [0.717, 1.165) is 18.8 Å². The van der Waals surface area contributed by atoms with Gasteiger partial charge in [-0.05, 0) is 32.0 Å². The van der Waals surface area contributed by atoms with Crippen LogP contribution < -0.4 is 10.2 Å². The first kappa shape index (κ1) is 22.1. The van der Waals surface area contributed by atoms with Crippen LogP contribution >= 0.6 is 0 Å². The Morgan fingerprint density at radius 2 is 1.93 bits per heavy atom. The molecule has 0 saturated carbocycles. The molecule has 2 aromatic rings. The van der Waals surface area contributed by atoms with Gasteiger partial charge < -0.3 is 10.2 Å². The van der Waals surface area contributed by atoms with Crippen molar-refractivity contribution < 1.29 is 4.79 Å². The summed E-state index contributed by atoms with van der Waals surface area (Å²) in [5.74, 6) is 0.199. The summed E-state index contributed by atoms with van der Waals surface area (Å²) in [7, 11) is 1.74. The fourth-order valence-electron chi connectivity index (χ4n) is 3.05. The fraction of sp³-hybridized carbons (Fsp3) is 0.476. The minimum absolute atomic E-state index is 0.189. The SMILES string of the molecule is CCN(CC)c1ccc(/N=N/c2c(C#N)c(C(C)(C)C)nn2C)c(NC(C)=O)c1. The van der Waals surface area contributed by atoms with Crippen molar-refractivity contribution in [2.75, 3.05) is 23.3 Å². The molecule has 0 radical (unpaired) electrons. The Morgan fingerprint density at radius 1 is 1.28 bits per heavy atom. The molecule has 0 saturated heterocycles. The van der Waals surface area contributed by atoms with Gasteiger partial charge in [0.15, 0.2) is 5.82 Å². The Hall–Kier alpha value is -3.21. The van der Waals surface area contributed by atoms with Crippen molar-refractivity contribution in [1.29, 1.82) is 5.26 Å². The number of hydrogen-bond donors (Lipinski definition) is 1. The van der Waals surface area contributed by atoms with E-state index in [-0.39, 0.29) is 11.3 Å². The van der Waals surface area contributed by atoms with E-state index in [2.05, 4.69) is 45.5 Å². The van der Waals surface area contributed by atoms with Gasteiger partial charge in [0.05, 0.1) is 11.4 Å². The summed E-state index contributed by atoms with van der Waals surface area (Å²) in [5.41, 5.74) is 2.87. The number of aryl methyl sites for hydroxylation is 1. The van der Waals surface area contributed by atoms with Crippen molar-refractivity contribution in [2.24, 2.45) is 17.3 Å². The van der Waals surface area contributed by atoms with Crippen molar-refractivity contribution in [3.63, 3.8) is 0 Å². The lowest BCUT2D eigenvalue weighted by molar-refractivity contribution is -0.114. The van der Waals surface area contributed by atoms with Crippen molar-refractivity contribution in [2.45, 2.75) is 47.0 Å². The van der Waals surface area contributed by atoms with Crippen LogP contribution in [0.15, 0.2) is 28.4 Å². The van der Waals surface area contributed by atoms with Gasteiger partial charge >= 0.3 is 0 Å². The summed E-state index contributed by atoms with van der Waals surface area (Å²) in [5, 5.41) is 25.5. The summed E-state index contributed by atoms with van der Waals surface area (Å²) in [6, 6.07) is 7.85. The van der Waals surface area contributed by atoms with E-state index in [4.69, 9.17) is 0 Å². The molecule has 8 heteroatoms. The Bertz CT molecular complexity index is 957. The Kier molecular flexibility index (Phi) is 6.75. The highest BCUT2D eigenvalue weighted by atomic mass is 16.1. The highest BCUT2D eigenvalue weighted by Crippen LogP contribution is 2.34. The summed E-state index contributed by atoms with van der Waals surface area (Å²) in [6.45, 7) is 13.3. The van der Waals surface area contributed by atoms with Gasteiger partial charge in [-0.1, -0.05) is 20.8 Å². The first-order valence-electron chi connectivity index (χ1n) is 9.68. The lowest BCUT2D eigenvalue weighted by atomic mass is 9.90. The molecule has 1 amide bonds. The van der Waals surface area contributed by atoms with Crippen molar-refractivity contribution in [1.82, 2.24) is 9.78 Å². The maximum absolute atomic E-state index is 11.7. The van der Waals surface area contributed by atoms with Gasteiger partial charge in [0.1, 0.15) is 17.3 Å². The monoisotopic (exact) mass is 395 g/mol. The third-order valence-electron chi connectivity index (χ3n) is 4.51. The van der Waals surface area contributed by atoms with E-state index in [9.17, 15) is 10.1 Å². The number of anilines is 2. The maximum atomic E-state index is 11.7.